The summed E-state index contributed by atoms with van der Waals surface area (Å²) in [4.78, 5) is 26.2. The molecule has 0 radical (unpaired) electrons. The van der Waals surface area contributed by atoms with Crippen molar-refractivity contribution in [2.24, 2.45) is 0 Å². The van der Waals surface area contributed by atoms with Crippen molar-refractivity contribution < 1.29 is 19.4 Å². The molecule has 0 saturated carbocycles. The van der Waals surface area contributed by atoms with Gasteiger partial charge in [0.25, 0.3) is 5.91 Å². The third kappa shape index (κ3) is 6.65. The van der Waals surface area contributed by atoms with Crippen LogP contribution in [-0.4, -0.2) is 34.2 Å². The average Bonchev–Trinajstić information content (AvgIpc) is 2.34. The van der Waals surface area contributed by atoms with Crippen LogP contribution in [0.2, 0.25) is 0 Å². The maximum absolute atomic E-state index is 11.6. The molecule has 0 unspecified atom stereocenters. The van der Waals surface area contributed by atoms with Crippen molar-refractivity contribution in [2.75, 3.05) is 11.9 Å². The molecule has 1 aromatic rings. The first-order chi connectivity index (χ1) is 9.26. The Balaban J connectivity index is 2.62. The van der Waals surface area contributed by atoms with Gasteiger partial charge in [-0.25, -0.2) is 9.78 Å². The van der Waals surface area contributed by atoms with Gasteiger partial charge in [-0.05, 0) is 39.0 Å². The van der Waals surface area contributed by atoms with Crippen LogP contribution in [0.4, 0.5) is 5.82 Å². The van der Waals surface area contributed by atoms with E-state index in [2.05, 4.69) is 10.3 Å². The summed E-state index contributed by atoms with van der Waals surface area (Å²) < 4.78 is 5.34. The highest BCUT2D eigenvalue weighted by Crippen LogP contribution is 2.08. The topological polar surface area (TPSA) is 88.5 Å². The van der Waals surface area contributed by atoms with Crippen molar-refractivity contribution in [3.8, 4) is 0 Å². The molecule has 1 heterocycles. The summed E-state index contributed by atoms with van der Waals surface area (Å²) in [5.74, 6) is -1.02. The first-order valence-corrected chi connectivity index (χ1v) is 6.08. The van der Waals surface area contributed by atoms with Crippen molar-refractivity contribution in [3.63, 3.8) is 0 Å². The minimum atomic E-state index is -1.06. The van der Waals surface area contributed by atoms with Gasteiger partial charge < -0.3 is 15.2 Å². The minimum Gasteiger partial charge on any atom is -0.478 e. The Labute approximate surface area is 117 Å². The van der Waals surface area contributed by atoms with Crippen LogP contribution in [0.25, 0.3) is 6.08 Å². The lowest BCUT2D eigenvalue weighted by Crippen LogP contribution is -2.27. The summed E-state index contributed by atoms with van der Waals surface area (Å²) in [5, 5.41) is 11.1. The smallest absolute Gasteiger partial charge is 0.328 e. The van der Waals surface area contributed by atoms with Gasteiger partial charge in [0.05, 0.1) is 11.3 Å². The van der Waals surface area contributed by atoms with Crippen LogP contribution in [0.15, 0.2) is 24.3 Å². The molecule has 1 aromatic heterocycles. The Morgan fingerprint density at radius 3 is 2.70 bits per heavy atom. The molecule has 6 heteroatoms. The van der Waals surface area contributed by atoms with E-state index >= 15 is 0 Å². The van der Waals surface area contributed by atoms with Crippen molar-refractivity contribution >= 4 is 23.8 Å². The summed E-state index contributed by atoms with van der Waals surface area (Å²) in [6.07, 6.45) is 2.33. The lowest BCUT2D eigenvalue weighted by molar-refractivity contribution is -0.131. The highest BCUT2D eigenvalue weighted by molar-refractivity contribution is 5.91. The molecule has 1 rings (SSSR count). The molecule has 6 nitrogen and oxygen atoms in total. The first-order valence-electron chi connectivity index (χ1n) is 6.08. The molecular formula is C14H18N2O4. The summed E-state index contributed by atoms with van der Waals surface area (Å²) in [7, 11) is 0. The number of pyridine rings is 1. The van der Waals surface area contributed by atoms with Gasteiger partial charge >= 0.3 is 5.97 Å². The summed E-state index contributed by atoms with van der Waals surface area (Å²) >= 11 is 0. The fraction of sp³-hybridized carbons (Fsp3) is 0.357. The van der Waals surface area contributed by atoms with Crippen LogP contribution < -0.4 is 5.32 Å². The fourth-order valence-corrected chi connectivity index (χ4v) is 1.23. The van der Waals surface area contributed by atoms with E-state index in [1.165, 1.54) is 6.08 Å². The van der Waals surface area contributed by atoms with Crippen LogP contribution in [0.1, 0.15) is 26.5 Å². The van der Waals surface area contributed by atoms with Crippen LogP contribution in [-0.2, 0) is 14.3 Å². The Bertz CT molecular complexity index is 518. The largest absolute Gasteiger partial charge is 0.478 e. The molecule has 0 atom stereocenters. The zero-order valence-electron chi connectivity index (χ0n) is 11.7. The van der Waals surface area contributed by atoms with Gasteiger partial charge in [0.1, 0.15) is 12.4 Å². The van der Waals surface area contributed by atoms with Crippen molar-refractivity contribution in [1.29, 1.82) is 0 Å². The average molecular weight is 278 g/mol. The number of carboxylic acids is 1. The fourth-order valence-electron chi connectivity index (χ4n) is 1.23. The molecular weight excluding hydrogens is 260 g/mol. The van der Waals surface area contributed by atoms with E-state index in [1.807, 2.05) is 20.8 Å². The number of hydrogen-bond donors (Lipinski definition) is 2. The number of carboxylic acid groups (broad SMARTS) is 1. The number of hydrogen-bond acceptors (Lipinski definition) is 4. The normalized spacial score (nSPS) is 11.6. The second kappa shape index (κ2) is 6.81. The quantitative estimate of drug-likeness (QED) is 0.803. The van der Waals surface area contributed by atoms with Crippen molar-refractivity contribution in [1.82, 2.24) is 4.98 Å². The molecule has 0 aliphatic heterocycles. The Kier molecular flexibility index (Phi) is 5.40. The van der Waals surface area contributed by atoms with Crippen LogP contribution >= 0.6 is 0 Å². The number of aromatic nitrogens is 1. The second-order valence-electron chi connectivity index (χ2n) is 5.07. The lowest BCUT2D eigenvalue weighted by atomic mass is 10.2. The highest BCUT2D eigenvalue weighted by atomic mass is 16.5. The molecule has 0 aliphatic rings. The molecule has 1 amide bonds. The van der Waals surface area contributed by atoms with Gasteiger partial charge in [0.15, 0.2) is 0 Å². The van der Waals surface area contributed by atoms with Gasteiger partial charge in [0.2, 0.25) is 0 Å². The van der Waals surface area contributed by atoms with Crippen molar-refractivity contribution in [3.05, 3.63) is 30.0 Å². The number of anilines is 1. The third-order valence-corrected chi connectivity index (χ3v) is 2.07. The van der Waals surface area contributed by atoms with Gasteiger partial charge in [-0.3, -0.25) is 4.79 Å². The predicted molar refractivity (Wildman–Crippen MR) is 75.2 cm³/mol. The zero-order chi connectivity index (χ0) is 15.2. The molecule has 2 N–H and O–H groups in total. The number of nitrogens with one attached hydrogen (secondary N) is 1. The number of carbonyl (C=O) groups is 2. The van der Waals surface area contributed by atoms with E-state index in [9.17, 15) is 9.59 Å². The number of amides is 1. The maximum atomic E-state index is 11.6. The molecule has 0 fully saturated rings. The second-order valence-corrected chi connectivity index (χ2v) is 5.07. The van der Waals surface area contributed by atoms with Crippen LogP contribution in [0, 0.1) is 0 Å². The lowest BCUT2D eigenvalue weighted by Gasteiger charge is -2.18. The van der Waals surface area contributed by atoms with E-state index in [1.54, 1.807) is 18.2 Å². The molecule has 0 aromatic carbocycles. The Hall–Kier alpha value is -2.21. The van der Waals surface area contributed by atoms with E-state index < -0.39 is 11.6 Å². The summed E-state index contributed by atoms with van der Waals surface area (Å²) in [6.45, 7) is 5.50. The highest BCUT2D eigenvalue weighted by Gasteiger charge is 2.13. The van der Waals surface area contributed by atoms with E-state index in [0.717, 1.165) is 6.08 Å². The van der Waals surface area contributed by atoms with Crippen LogP contribution in [0.5, 0.6) is 0 Å². The van der Waals surface area contributed by atoms with Gasteiger partial charge in [-0.15, -0.1) is 0 Å². The number of ether oxygens (including phenoxy) is 1. The first kappa shape index (κ1) is 15.8. The van der Waals surface area contributed by atoms with E-state index in [-0.39, 0.29) is 12.5 Å². The number of aliphatic carboxylic acids is 1. The number of carbonyl (C=O) groups excluding carboxylic acids is 1. The minimum absolute atomic E-state index is 0.0691. The van der Waals surface area contributed by atoms with Crippen LogP contribution in [0.3, 0.4) is 0 Å². The third-order valence-electron chi connectivity index (χ3n) is 2.07. The molecule has 0 spiro atoms. The number of nitrogens with zero attached hydrogens (tertiary/aromatic N) is 1. The molecule has 0 aliphatic carbocycles. The summed E-state index contributed by atoms with van der Waals surface area (Å²) in [5.41, 5.74) is 0.0542. The van der Waals surface area contributed by atoms with Gasteiger partial charge in [0, 0.05) is 6.08 Å². The Morgan fingerprint density at radius 2 is 2.10 bits per heavy atom. The van der Waals surface area contributed by atoms with Crippen molar-refractivity contribution in [2.45, 2.75) is 26.4 Å². The predicted octanol–water partition coefficient (Wildman–Crippen LogP) is 1.93. The molecule has 20 heavy (non-hydrogen) atoms. The Morgan fingerprint density at radius 1 is 1.40 bits per heavy atom. The molecule has 0 saturated heterocycles. The SMILES string of the molecule is CC(C)(C)OCC(=O)Nc1cccc(/C=C/C(=O)O)n1. The van der Waals surface area contributed by atoms with E-state index in [4.69, 9.17) is 9.84 Å². The standard InChI is InChI=1S/C14H18N2O4/c1-14(2,3)20-9-12(17)16-11-6-4-5-10(15-11)7-8-13(18)19/h4-8H,9H2,1-3H3,(H,18,19)(H,15,16,17)/b8-7+. The molecule has 108 valence electrons. The summed E-state index contributed by atoms with van der Waals surface area (Å²) in [6, 6.07) is 4.93. The van der Waals surface area contributed by atoms with E-state index in [0.29, 0.717) is 11.5 Å². The maximum Gasteiger partial charge on any atom is 0.328 e. The van der Waals surface area contributed by atoms with Gasteiger partial charge in [-0.1, -0.05) is 6.07 Å². The zero-order valence-corrected chi connectivity index (χ0v) is 11.7. The van der Waals surface area contributed by atoms with Gasteiger partial charge in [-0.2, -0.15) is 0 Å². The molecule has 0 bridgehead atoms. The monoisotopic (exact) mass is 278 g/mol. The number of rotatable bonds is 5.